The second-order valence-electron chi connectivity index (χ2n) is 11.4. The van der Waals surface area contributed by atoms with Crippen molar-refractivity contribution in [3.05, 3.63) is 156 Å². The highest BCUT2D eigenvalue weighted by Crippen LogP contribution is 2.36. The predicted molar refractivity (Wildman–Crippen MR) is 189 cm³/mol. The predicted octanol–water partition coefficient (Wildman–Crippen LogP) is 8.40. The number of ether oxygens (including phenoxy) is 4. The maximum absolute atomic E-state index is 10.9. The van der Waals surface area contributed by atoms with Crippen molar-refractivity contribution < 1.29 is 49.0 Å². The van der Waals surface area contributed by atoms with Crippen molar-refractivity contribution in [3.8, 4) is 56.8 Å². The summed E-state index contributed by atoms with van der Waals surface area (Å²) in [5.74, 6) is -0.711. The van der Waals surface area contributed by atoms with E-state index >= 15 is 0 Å². The van der Waals surface area contributed by atoms with Crippen LogP contribution in [0.2, 0.25) is 0 Å². The van der Waals surface area contributed by atoms with Crippen LogP contribution in [0.25, 0.3) is 22.3 Å². The monoisotopic (exact) mass is 684 g/mol. The minimum Gasteiger partial charge on any atom is -0.507 e. The lowest BCUT2D eigenvalue weighted by atomic mass is 10.0. The average Bonchev–Trinajstić information content (AvgIpc) is 3.62. The Morgan fingerprint density at radius 3 is 1.53 bits per heavy atom. The Morgan fingerprint density at radius 1 is 0.510 bits per heavy atom. The summed E-state index contributed by atoms with van der Waals surface area (Å²) in [7, 11) is 0. The fourth-order valence-electron chi connectivity index (χ4n) is 5.29. The van der Waals surface area contributed by atoms with Gasteiger partial charge in [0.25, 0.3) is 0 Å². The van der Waals surface area contributed by atoms with Gasteiger partial charge in [0.05, 0.1) is 0 Å². The highest BCUT2D eigenvalue weighted by atomic mass is 16.7. The lowest BCUT2D eigenvalue weighted by Gasteiger charge is -2.10. The normalized spacial score (nSPS) is 11.2. The van der Waals surface area contributed by atoms with E-state index < -0.39 is 11.9 Å². The van der Waals surface area contributed by atoms with Crippen LogP contribution in [0.4, 0.5) is 0 Å². The van der Waals surface area contributed by atoms with Gasteiger partial charge >= 0.3 is 11.9 Å². The molecule has 1 heterocycles. The third kappa shape index (κ3) is 8.57. The quantitative estimate of drug-likeness (QED) is 0.111. The summed E-state index contributed by atoms with van der Waals surface area (Å²) in [4.78, 5) is 21.8. The standard InChI is InChI=1S/C21H16O6.C20H16O4/c22-18-10-16(5-6-17(18)21(23)24)25-11-13-2-1-3-14(8-13)15-4-7-19-20(9-15)27-12-26-19;21-19-12-17(9-10-18(19)20(22)23)24-13-14-5-4-8-16(11-14)15-6-2-1-3-7-15/h1-10,22H,11-12H2,(H,23,24);1-12,21H,13H2,(H,22,23). The zero-order valence-electron chi connectivity index (χ0n) is 27.1. The summed E-state index contributed by atoms with van der Waals surface area (Å²) in [6.45, 7) is 0.844. The molecule has 0 saturated heterocycles. The Hall–Kier alpha value is -6.94. The van der Waals surface area contributed by atoms with Crippen LogP contribution in [0.3, 0.4) is 0 Å². The van der Waals surface area contributed by atoms with Crippen LogP contribution in [0.5, 0.6) is 34.5 Å². The number of hydrogen-bond donors (Lipinski definition) is 4. The first-order valence-corrected chi connectivity index (χ1v) is 15.7. The highest BCUT2D eigenvalue weighted by molar-refractivity contribution is 5.91. The fourth-order valence-corrected chi connectivity index (χ4v) is 5.29. The summed E-state index contributed by atoms with van der Waals surface area (Å²) in [6.07, 6.45) is 0. The number of carboxylic acid groups (broad SMARTS) is 2. The molecule has 0 bridgehead atoms. The smallest absolute Gasteiger partial charge is 0.339 e. The SMILES string of the molecule is O=C(O)c1ccc(OCc2cccc(-c3ccc4c(c3)OCO4)c2)cc1O.O=C(O)c1ccc(OCc2cccc(-c3ccccc3)c2)cc1O. The van der Waals surface area contributed by atoms with Gasteiger partial charge in [-0.1, -0.05) is 72.8 Å². The van der Waals surface area contributed by atoms with E-state index in [0.717, 1.165) is 44.9 Å². The van der Waals surface area contributed by atoms with Crippen molar-refractivity contribution >= 4 is 11.9 Å². The molecule has 7 rings (SSSR count). The van der Waals surface area contributed by atoms with Gasteiger partial charge in [0.15, 0.2) is 11.5 Å². The molecular weight excluding hydrogens is 652 g/mol. The van der Waals surface area contributed by atoms with Crippen LogP contribution in [0.15, 0.2) is 133 Å². The van der Waals surface area contributed by atoms with Crippen LogP contribution < -0.4 is 18.9 Å². The van der Waals surface area contributed by atoms with E-state index in [1.807, 2.05) is 97.1 Å². The molecule has 0 unspecified atom stereocenters. The van der Waals surface area contributed by atoms with Gasteiger partial charge in [0.2, 0.25) is 6.79 Å². The zero-order valence-corrected chi connectivity index (χ0v) is 27.1. The first-order chi connectivity index (χ1) is 24.7. The first-order valence-electron chi connectivity index (χ1n) is 15.7. The van der Waals surface area contributed by atoms with E-state index in [-0.39, 0.29) is 36.0 Å². The Labute approximate surface area is 292 Å². The van der Waals surface area contributed by atoms with Crippen molar-refractivity contribution in [2.24, 2.45) is 0 Å². The van der Waals surface area contributed by atoms with Gasteiger partial charge in [-0.05, 0) is 81.9 Å². The number of aromatic carboxylic acids is 2. The van der Waals surface area contributed by atoms with Crippen LogP contribution in [0, 0.1) is 0 Å². The molecule has 1 aliphatic rings. The summed E-state index contributed by atoms with van der Waals surface area (Å²) >= 11 is 0. The number of carbonyl (C=O) groups is 2. The minimum absolute atomic E-state index is 0.145. The molecule has 6 aromatic rings. The molecule has 0 aliphatic carbocycles. The molecule has 4 N–H and O–H groups in total. The number of aromatic hydroxyl groups is 2. The number of carboxylic acids is 2. The van der Waals surface area contributed by atoms with Crippen LogP contribution in [0.1, 0.15) is 31.8 Å². The van der Waals surface area contributed by atoms with Crippen molar-refractivity contribution in [2.45, 2.75) is 13.2 Å². The van der Waals surface area contributed by atoms with Gasteiger partial charge in [-0.25, -0.2) is 9.59 Å². The van der Waals surface area contributed by atoms with Crippen LogP contribution in [-0.2, 0) is 13.2 Å². The second-order valence-corrected chi connectivity index (χ2v) is 11.4. The van der Waals surface area contributed by atoms with E-state index in [0.29, 0.717) is 18.1 Å². The molecule has 10 heteroatoms. The van der Waals surface area contributed by atoms with Gasteiger partial charge in [-0.3, -0.25) is 0 Å². The molecule has 0 spiro atoms. The first kappa shape index (κ1) is 33.9. The maximum atomic E-state index is 10.9. The Kier molecular flexibility index (Phi) is 10.3. The van der Waals surface area contributed by atoms with Crippen molar-refractivity contribution in [3.63, 3.8) is 0 Å². The van der Waals surface area contributed by atoms with Crippen molar-refractivity contribution in [2.75, 3.05) is 6.79 Å². The molecule has 0 aromatic heterocycles. The molecule has 0 saturated carbocycles. The topological polar surface area (TPSA) is 152 Å². The second kappa shape index (κ2) is 15.5. The van der Waals surface area contributed by atoms with Crippen molar-refractivity contribution in [1.29, 1.82) is 0 Å². The molecule has 256 valence electrons. The molecule has 0 amide bonds. The number of fused-ring (bicyclic) bond motifs is 1. The van der Waals surface area contributed by atoms with Gasteiger partial charge < -0.3 is 39.4 Å². The Balaban J connectivity index is 0.000000177. The van der Waals surface area contributed by atoms with E-state index in [9.17, 15) is 19.8 Å². The third-order valence-electron chi connectivity index (χ3n) is 7.88. The van der Waals surface area contributed by atoms with Gasteiger partial charge in [0, 0.05) is 12.1 Å². The third-order valence-corrected chi connectivity index (χ3v) is 7.88. The molecule has 0 fully saturated rings. The van der Waals surface area contributed by atoms with Gasteiger partial charge in [-0.15, -0.1) is 0 Å². The summed E-state index contributed by atoms with van der Waals surface area (Å²) < 4.78 is 22.1. The highest BCUT2D eigenvalue weighted by Gasteiger charge is 2.15. The summed E-state index contributed by atoms with van der Waals surface area (Å²) in [5.41, 5.74) is 5.86. The number of benzene rings is 6. The Morgan fingerprint density at radius 2 is 1.00 bits per heavy atom. The largest absolute Gasteiger partial charge is 0.507 e. The van der Waals surface area contributed by atoms with Crippen molar-refractivity contribution in [1.82, 2.24) is 0 Å². The van der Waals surface area contributed by atoms with E-state index in [4.69, 9.17) is 29.2 Å². The number of rotatable bonds is 10. The molecule has 10 nitrogen and oxygen atoms in total. The number of hydrogen-bond acceptors (Lipinski definition) is 8. The molecule has 0 atom stereocenters. The van der Waals surface area contributed by atoms with E-state index in [2.05, 4.69) is 0 Å². The van der Waals surface area contributed by atoms with E-state index in [1.54, 1.807) is 0 Å². The zero-order chi connectivity index (χ0) is 35.7. The molecular formula is C41H32O10. The number of phenols is 2. The molecule has 1 aliphatic heterocycles. The summed E-state index contributed by atoms with van der Waals surface area (Å²) in [6, 6.07) is 40.0. The van der Waals surface area contributed by atoms with Gasteiger partial charge in [-0.2, -0.15) is 0 Å². The molecule has 0 radical (unpaired) electrons. The van der Waals surface area contributed by atoms with E-state index in [1.165, 1.54) is 36.4 Å². The van der Waals surface area contributed by atoms with Gasteiger partial charge in [0.1, 0.15) is 47.3 Å². The van der Waals surface area contributed by atoms with Crippen LogP contribution >= 0.6 is 0 Å². The maximum Gasteiger partial charge on any atom is 0.339 e. The lowest BCUT2D eigenvalue weighted by Crippen LogP contribution is -1.99. The van der Waals surface area contributed by atoms with Crippen LogP contribution in [-0.4, -0.2) is 39.2 Å². The summed E-state index contributed by atoms with van der Waals surface area (Å²) in [5, 5.41) is 37.3. The molecule has 6 aromatic carbocycles. The Bertz CT molecular complexity index is 2180. The lowest BCUT2D eigenvalue weighted by molar-refractivity contribution is 0.0682. The molecule has 51 heavy (non-hydrogen) atoms. The minimum atomic E-state index is -1.18. The fraction of sp³-hybridized carbons (Fsp3) is 0.0732. The average molecular weight is 685 g/mol.